The number of benzene rings is 2. The van der Waals surface area contributed by atoms with Gasteiger partial charge in [-0.3, -0.25) is 14.5 Å². The number of nitrogens with one attached hydrogen (secondary N) is 1. The van der Waals surface area contributed by atoms with E-state index in [0.29, 0.717) is 32.1 Å². The highest BCUT2D eigenvalue weighted by atomic mass is 35.5. The van der Waals surface area contributed by atoms with Gasteiger partial charge in [0, 0.05) is 5.69 Å². The molecule has 28 heavy (non-hydrogen) atoms. The second kappa shape index (κ2) is 8.77. The van der Waals surface area contributed by atoms with Gasteiger partial charge in [0.15, 0.2) is 11.5 Å². The number of amides is 2. The number of thioether (sulfide) groups is 1. The molecule has 2 amide bonds. The smallest absolute Gasteiger partial charge is 0.295 e. The van der Waals surface area contributed by atoms with Gasteiger partial charge in [-0.25, -0.2) is 0 Å². The van der Waals surface area contributed by atoms with Crippen molar-refractivity contribution in [3.05, 3.63) is 56.9 Å². The number of rotatable bonds is 6. The Bertz CT molecular complexity index is 965. The molecule has 6 nitrogen and oxygen atoms in total. The molecule has 0 aliphatic carbocycles. The molecule has 0 spiro atoms. The molecule has 2 aromatic carbocycles. The minimum atomic E-state index is -0.377. The third kappa shape index (κ3) is 4.38. The van der Waals surface area contributed by atoms with Gasteiger partial charge >= 0.3 is 0 Å². The number of anilines is 1. The molecule has 1 fully saturated rings. The molecule has 1 saturated heterocycles. The fraction of sp³-hybridized carbons (Fsp3) is 0.158. The molecule has 0 atom stereocenters. The molecule has 1 N–H and O–H groups in total. The van der Waals surface area contributed by atoms with E-state index in [2.05, 4.69) is 5.32 Å². The van der Waals surface area contributed by atoms with Crippen molar-refractivity contribution in [2.45, 2.75) is 0 Å². The summed E-state index contributed by atoms with van der Waals surface area (Å²) in [7, 11) is 3.08. The number of ether oxygens (including phenoxy) is 2. The summed E-state index contributed by atoms with van der Waals surface area (Å²) in [6.45, 7) is 0.0197. The van der Waals surface area contributed by atoms with Crippen LogP contribution in [0.3, 0.4) is 0 Å². The monoisotopic (exact) mass is 438 g/mol. The minimum Gasteiger partial charge on any atom is -0.493 e. The number of nitrogens with zero attached hydrogens (tertiary/aromatic N) is 1. The molecule has 1 aliphatic heterocycles. The number of hydrogen-bond acceptors (Lipinski definition) is 6. The fourth-order valence-electron chi connectivity index (χ4n) is 2.51. The maximum absolute atomic E-state index is 12.6. The van der Waals surface area contributed by atoms with Crippen LogP contribution in [0.25, 0.3) is 6.08 Å². The van der Waals surface area contributed by atoms with E-state index in [9.17, 15) is 9.59 Å². The van der Waals surface area contributed by atoms with Gasteiger partial charge in [-0.2, -0.15) is 0 Å². The molecule has 2 aromatic rings. The zero-order valence-electron chi connectivity index (χ0n) is 15.0. The van der Waals surface area contributed by atoms with Crippen LogP contribution in [-0.4, -0.2) is 36.9 Å². The molecule has 146 valence electrons. The highest BCUT2D eigenvalue weighted by Gasteiger charge is 2.34. The molecular formula is C19H16Cl2N2O4S. The van der Waals surface area contributed by atoms with Gasteiger partial charge in [-0.15, -0.1) is 0 Å². The third-order valence-electron chi connectivity index (χ3n) is 3.94. The summed E-state index contributed by atoms with van der Waals surface area (Å²) < 4.78 is 10.5. The highest BCUT2D eigenvalue weighted by molar-refractivity contribution is 8.18. The van der Waals surface area contributed by atoms with Gasteiger partial charge < -0.3 is 14.8 Å². The van der Waals surface area contributed by atoms with Gasteiger partial charge in [0.2, 0.25) is 0 Å². The fourth-order valence-corrected chi connectivity index (χ4v) is 3.64. The summed E-state index contributed by atoms with van der Waals surface area (Å²) in [6, 6.07) is 10.2. The second-order valence-electron chi connectivity index (χ2n) is 5.69. The van der Waals surface area contributed by atoms with Crippen LogP contribution in [0.1, 0.15) is 5.56 Å². The zero-order chi connectivity index (χ0) is 20.3. The SMILES string of the molecule is COc1ccc(/C=C2/SC(=O)N(CNc3ccc(Cl)c(Cl)c3)C2=O)cc1OC. The normalized spacial score (nSPS) is 15.3. The van der Waals surface area contributed by atoms with E-state index < -0.39 is 0 Å². The van der Waals surface area contributed by atoms with Gasteiger partial charge in [0.1, 0.15) is 0 Å². The maximum atomic E-state index is 12.6. The van der Waals surface area contributed by atoms with Gasteiger partial charge in [0.25, 0.3) is 11.1 Å². The predicted octanol–water partition coefficient (Wildman–Crippen LogP) is 5.12. The first-order chi connectivity index (χ1) is 13.4. The Labute approximate surface area is 176 Å². The molecule has 0 saturated carbocycles. The van der Waals surface area contributed by atoms with Crippen LogP contribution in [0.15, 0.2) is 41.3 Å². The van der Waals surface area contributed by atoms with E-state index in [1.54, 1.807) is 49.6 Å². The lowest BCUT2D eigenvalue weighted by molar-refractivity contribution is -0.122. The number of methoxy groups -OCH3 is 2. The van der Waals surface area contributed by atoms with Crippen LogP contribution in [0, 0.1) is 0 Å². The number of carbonyl (C=O) groups is 2. The van der Waals surface area contributed by atoms with E-state index in [-0.39, 0.29) is 17.8 Å². The van der Waals surface area contributed by atoms with Crippen molar-refractivity contribution in [1.82, 2.24) is 4.90 Å². The van der Waals surface area contributed by atoms with Crippen molar-refractivity contribution in [2.75, 3.05) is 26.2 Å². The molecule has 0 radical (unpaired) electrons. The predicted molar refractivity (Wildman–Crippen MR) is 112 cm³/mol. The van der Waals surface area contributed by atoms with E-state index in [1.165, 1.54) is 7.11 Å². The van der Waals surface area contributed by atoms with Gasteiger partial charge in [0.05, 0.1) is 35.8 Å². The van der Waals surface area contributed by atoms with Crippen molar-refractivity contribution in [3.8, 4) is 11.5 Å². The zero-order valence-corrected chi connectivity index (χ0v) is 17.3. The van der Waals surface area contributed by atoms with Gasteiger partial charge in [-0.05, 0) is 53.7 Å². The van der Waals surface area contributed by atoms with Crippen LogP contribution in [0.2, 0.25) is 10.0 Å². The van der Waals surface area contributed by atoms with Crippen LogP contribution in [-0.2, 0) is 4.79 Å². The summed E-state index contributed by atoms with van der Waals surface area (Å²) in [5.41, 5.74) is 1.37. The van der Waals surface area contributed by atoms with E-state index in [1.807, 2.05) is 0 Å². The van der Waals surface area contributed by atoms with Crippen LogP contribution >= 0.6 is 35.0 Å². The highest BCUT2D eigenvalue weighted by Crippen LogP contribution is 2.34. The van der Waals surface area contributed by atoms with Crippen molar-refractivity contribution in [2.24, 2.45) is 0 Å². The molecular weight excluding hydrogens is 423 g/mol. The van der Waals surface area contributed by atoms with E-state index in [0.717, 1.165) is 22.2 Å². The van der Waals surface area contributed by atoms with Crippen molar-refractivity contribution < 1.29 is 19.1 Å². The first kappa shape index (κ1) is 20.4. The lowest BCUT2D eigenvalue weighted by atomic mass is 10.2. The molecule has 0 bridgehead atoms. The average molecular weight is 439 g/mol. The number of hydrogen-bond donors (Lipinski definition) is 1. The Hall–Kier alpha value is -2.35. The summed E-state index contributed by atoms with van der Waals surface area (Å²) >= 11 is 12.7. The standard InChI is InChI=1S/C19H16Cl2N2O4S/c1-26-15-6-3-11(7-16(15)27-2)8-17-18(24)23(19(25)28-17)10-22-12-4-5-13(20)14(21)9-12/h3-9,22H,10H2,1-2H3/b17-8+. The Morgan fingerprint density at radius 1 is 1.04 bits per heavy atom. The quantitative estimate of drug-likeness (QED) is 0.631. The molecule has 1 heterocycles. The Morgan fingerprint density at radius 3 is 2.46 bits per heavy atom. The Balaban J connectivity index is 1.74. The Morgan fingerprint density at radius 2 is 1.79 bits per heavy atom. The first-order valence-corrected chi connectivity index (χ1v) is 9.66. The van der Waals surface area contributed by atoms with E-state index in [4.69, 9.17) is 32.7 Å². The third-order valence-corrected chi connectivity index (χ3v) is 5.59. The topological polar surface area (TPSA) is 67.9 Å². The number of halogens is 2. The molecule has 0 unspecified atom stereocenters. The maximum Gasteiger partial charge on any atom is 0.295 e. The minimum absolute atomic E-state index is 0.0197. The summed E-state index contributed by atoms with van der Waals surface area (Å²) in [5.74, 6) is 0.743. The van der Waals surface area contributed by atoms with Crippen molar-refractivity contribution in [1.29, 1.82) is 0 Å². The molecule has 3 rings (SSSR count). The summed E-state index contributed by atoms with van der Waals surface area (Å²) in [4.78, 5) is 26.3. The summed E-state index contributed by atoms with van der Waals surface area (Å²) in [6.07, 6.45) is 1.64. The lowest BCUT2D eigenvalue weighted by Gasteiger charge is -2.14. The number of imide groups is 1. The van der Waals surface area contributed by atoms with E-state index >= 15 is 0 Å². The first-order valence-electron chi connectivity index (χ1n) is 8.09. The summed E-state index contributed by atoms with van der Waals surface area (Å²) in [5, 5.41) is 3.45. The van der Waals surface area contributed by atoms with Crippen LogP contribution in [0.5, 0.6) is 11.5 Å². The molecule has 1 aliphatic rings. The van der Waals surface area contributed by atoms with Crippen molar-refractivity contribution >= 4 is 57.9 Å². The average Bonchev–Trinajstić information content (AvgIpc) is 2.95. The lowest BCUT2D eigenvalue weighted by Crippen LogP contribution is -2.33. The Kier molecular flexibility index (Phi) is 6.39. The molecule has 9 heteroatoms. The van der Waals surface area contributed by atoms with Crippen molar-refractivity contribution in [3.63, 3.8) is 0 Å². The number of carbonyl (C=O) groups excluding carboxylic acids is 2. The van der Waals surface area contributed by atoms with Gasteiger partial charge in [-0.1, -0.05) is 29.3 Å². The molecule has 0 aromatic heterocycles. The van der Waals surface area contributed by atoms with Crippen LogP contribution < -0.4 is 14.8 Å². The second-order valence-corrected chi connectivity index (χ2v) is 7.50. The van der Waals surface area contributed by atoms with Crippen LogP contribution in [0.4, 0.5) is 10.5 Å². The largest absolute Gasteiger partial charge is 0.493 e.